The molecule has 2 aromatic heterocycles. The normalized spacial score (nSPS) is 10.3. The van der Waals surface area contributed by atoms with Gasteiger partial charge in [-0.05, 0) is 30.3 Å². The number of aryl methyl sites for hydroxylation is 1. The zero-order valence-corrected chi connectivity index (χ0v) is 13.7. The number of furan rings is 1. The average Bonchev–Trinajstić information content (AvgIpc) is 3.22. The molecule has 0 spiro atoms. The number of hydrogen-bond donors (Lipinski definition) is 1. The molecule has 0 unspecified atom stereocenters. The van der Waals surface area contributed by atoms with Crippen molar-refractivity contribution in [3.8, 4) is 6.07 Å². The number of aromatic nitrogens is 2. The molecular weight excluding hydrogens is 324 g/mol. The summed E-state index contributed by atoms with van der Waals surface area (Å²) in [6.45, 7) is 0. The predicted molar refractivity (Wildman–Crippen MR) is 90.6 cm³/mol. The van der Waals surface area contributed by atoms with Crippen LogP contribution in [0, 0.1) is 11.3 Å². The number of thioether (sulfide) groups is 1. The van der Waals surface area contributed by atoms with Crippen LogP contribution < -0.4 is 5.32 Å². The first-order valence-electron chi connectivity index (χ1n) is 7.16. The molecule has 0 fully saturated rings. The first-order valence-corrected chi connectivity index (χ1v) is 8.14. The molecule has 120 valence electrons. The van der Waals surface area contributed by atoms with E-state index in [1.165, 1.54) is 11.8 Å². The minimum atomic E-state index is -0.349. The van der Waals surface area contributed by atoms with Crippen LogP contribution >= 0.6 is 11.8 Å². The number of nitriles is 1. The molecule has 1 aromatic carbocycles. The van der Waals surface area contributed by atoms with Crippen LogP contribution in [-0.2, 0) is 12.8 Å². The lowest BCUT2D eigenvalue weighted by Gasteiger charge is -2.03. The number of anilines is 1. The van der Waals surface area contributed by atoms with Gasteiger partial charge in [0.2, 0.25) is 0 Å². The fourth-order valence-electron chi connectivity index (χ4n) is 2.06. The summed E-state index contributed by atoms with van der Waals surface area (Å²) in [5.41, 5.74) is 1.04. The SMILES string of the molecule is Cn1ccnc1SCc1ccc(C(=O)Nc2cccc(C#N)c2)o1. The van der Waals surface area contributed by atoms with E-state index in [-0.39, 0.29) is 11.7 Å². The van der Waals surface area contributed by atoms with Crippen LogP contribution in [0.1, 0.15) is 21.9 Å². The molecule has 0 aliphatic carbocycles. The fourth-order valence-corrected chi connectivity index (χ4v) is 2.89. The lowest BCUT2D eigenvalue weighted by molar-refractivity contribution is 0.0995. The monoisotopic (exact) mass is 338 g/mol. The second-order valence-corrected chi connectivity index (χ2v) is 5.96. The summed E-state index contributed by atoms with van der Waals surface area (Å²) in [7, 11) is 1.92. The van der Waals surface area contributed by atoms with Crippen LogP contribution in [0.4, 0.5) is 5.69 Å². The lowest BCUT2D eigenvalue weighted by Crippen LogP contribution is -2.10. The van der Waals surface area contributed by atoms with E-state index < -0.39 is 0 Å². The Bertz CT molecular complexity index is 907. The Kier molecular flexibility index (Phi) is 4.68. The summed E-state index contributed by atoms with van der Waals surface area (Å²) >= 11 is 1.53. The first-order chi connectivity index (χ1) is 11.7. The molecule has 0 aliphatic rings. The second kappa shape index (κ2) is 7.06. The molecule has 0 radical (unpaired) electrons. The Balaban J connectivity index is 1.63. The van der Waals surface area contributed by atoms with Crippen molar-refractivity contribution in [2.45, 2.75) is 10.9 Å². The minimum absolute atomic E-state index is 0.229. The number of carbonyl (C=O) groups excluding carboxylic acids is 1. The fraction of sp³-hybridized carbons (Fsp3) is 0.118. The van der Waals surface area contributed by atoms with Crippen molar-refractivity contribution in [2.24, 2.45) is 7.05 Å². The maximum atomic E-state index is 12.2. The van der Waals surface area contributed by atoms with Crippen molar-refractivity contribution in [3.63, 3.8) is 0 Å². The minimum Gasteiger partial charge on any atom is -0.455 e. The molecule has 6 nitrogen and oxygen atoms in total. The van der Waals surface area contributed by atoms with Crippen molar-refractivity contribution < 1.29 is 9.21 Å². The quantitative estimate of drug-likeness (QED) is 0.721. The number of benzene rings is 1. The van der Waals surface area contributed by atoms with Gasteiger partial charge in [-0.1, -0.05) is 17.8 Å². The summed E-state index contributed by atoms with van der Waals surface area (Å²) in [5, 5.41) is 12.5. The third-order valence-corrected chi connectivity index (χ3v) is 4.34. The maximum Gasteiger partial charge on any atom is 0.291 e. The van der Waals surface area contributed by atoms with Crippen LogP contribution in [0.2, 0.25) is 0 Å². The van der Waals surface area contributed by atoms with Crippen molar-refractivity contribution in [2.75, 3.05) is 5.32 Å². The number of nitrogens with zero attached hydrogens (tertiary/aromatic N) is 3. The van der Waals surface area contributed by atoms with Crippen LogP contribution in [0.3, 0.4) is 0 Å². The molecule has 1 amide bonds. The van der Waals surface area contributed by atoms with Crippen molar-refractivity contribution in [1.29, 1.82) is 5.26 Å². The van der Waals surface area contributed by atoms with Crippen molar-refractivity contribution in [3.05, 3.63) is 65.9 Å². The Morgan fingerprint density at radius 1 is 1.42 bits per heavy atom. The number of rotatable bonds is 5. The van der Waals surface area contributed by atoms with E-state index in [2.05, 4.69) is 10.3 Å². The van der Waals surface area contributed by atoms with Crippen molar-refractivity contribution in [1.82, 2.24) is 9.55 Å². The predicted octanol–water partition coefficient (Wildman–Crippen LogP) is 3.43. The largest absolute Gasteiger partial charge is 0.455 e. The maximum absolute atomic E-state index is 12.2. The highest BCUT2D eigenvalue weighted by atomic mass is 32.2. The third-order valence-electron chi connectivity index (χ3n) is 3.26. The number of carbonyl (C=O) groups is 1. The highest BCUT2D eigenvalue weighted by molar-refractivity contribution is 7.98. The van der Waals surface area contributed by atoms with E-state index in [1.54, 1.807) is 42.6 Å². The van der Waals surface area contributed by atoms with Gasteiger partial charge in [-0.2, -0.15) is 5.26 Å². The molecule has 0 bridgehead atoms. The van der Waals surface area contributed by atoms with Crippen molar-refractivity contribution >= 4 is 23.4 Å². The number of hydrogen-bond acceptors (Lipinski definition) is 5. The summed E-state index contributed by atoms with van der Waals surface area (Å²) in [5.74, 6) is 1.16. The molecule has 3 aromatic rings. The average molecular weight is 338 g/mol. The van der Waals surface area contributed by atoms with Gasteiger partial charge in [-0.25, -0.2) is 4.98 Å². The zero-order valence-electron chi connectivity index (χ0n) is 12.9. The van der Waals surface area contributed by atoms with Gasteiger partial charge in [0.25, 0.3) is 5.91 Å². The molecule has 7 heteroatoms. The lowest BCUT2D eigenvalue weighted by atomic mass is 10.2. The molecule has 2 heterocycles. The summed E-state index contributed by atoms with van der Waals surface area (Å²) in [6, 6.07) is 12.2. The Hall–Kier alpha value is -2.98. The number of imidazole rings is 1. The first kappa shape index (κ1) is 15.9. The molecule has 0 saturated heterocycles. The second-order valence-electron chi connectivity index (χ2n) is 5.02. The Morgan fingerprint density at radius 2 is 2.29 bits per heavy atom. The summed E-state index contributed by atoms with van der Waals surface area (Å²) < 4.78 is 7.50. The van der Waals surface area contributed by atoms with Gasteiger partial charge in [0.1, 0.15) is 5.76 Å². The Morgan fingerprint density at radius 3 is 3.04 bits per heavy atom. The molecule has 0 aliphatic heterocycles. The number of nitrogens with one attached hydrogen (secondary N) is 1. The smallest absolute Gasteiger partial charge is 0.291 e. The number of amides is 1. The zero-order chi connectivity index (χ0) is 16.9. The van der Waals surface area contributed by atoms with Crippen LogP contribution in [0.15, 0.2) is 58.4 Å². The summed E-state index contributed by atoms with van der Waals surface area (Å²) in [6.07, 6.45) is 3.61. The molecule has 0 saturated carbocycles. The van der Waals surface area contributed by atoms with E-state index in [4.69, 9.17) is 9.68 Å². The summed E-state index contributed by atoms with van der Waals surface area (Å²) in [4.78, 5) is 16.4. The Labute approximate surface area is 143 Å². The molecule has 3 rings (SSSR count). The van der Waals surface area contributed by atoms with Gasteiger partial charge in [0, 0.05) is 25.1 Å². The standard InChI is InChI=1S/C17H14N4O2S/c1-21-8-7-19-17(21)24-11-14-5-6-15(23-14)16(22)20-13-4-2-3-12(9-13)10-18/h2-9H,11H2,1H3,(H,20,22). The topological polar surface area (TPSA) is 83.9 Å². The molecule has 0 atom stereocenters. The highest BCUT2D eigenvalue weighted by Crippen LogP contribution is 2.22. The van der Waals surface area contributed by atoms with Gasteiger partial charge < -0.3 is 14.3 Å². The van der Waals surface area contributed by atoms with Crippen LogP contribution in [0.5, 0.6) is 0 Å². The van der Waals surface area contributed by atoms with Gasteiger partial charge in [-0.3, -0.25) is 4.79 Å². The van der Waals surface area contributed by atoms with Gasteiger partial charge in [0.05, 0.1) is 17.4 Å². The van der Waals surface area contributed by atoms with E-state index in [0.717, 1.165) is 5.16 Å². The van der Waals surface area contributed by atoms with Crippen LogP contribution in [0.25, 0.3) is 0 Å². The van der Waals surface area contributed by atoms with Gasteiger partial charge in [0.15, 0.2) is 10.9 Å². The van der Waals surface area contributed by atoms with E-state index in [9.17, 15) is 4.79 Å². The van der Waals surface area contributed by atoms with Gasteiger partial charge in [-0.15, -0.1) is 0 Å². The van der Waals surface area contributed by atoms with Crippen LogP contribution in [-0.4, -0.2) is 15.5 Å². The van der Waals surface area contributed by atoms with Gasteiger partial charge >= 0.3 is 0 Å². The molecule has 1 N–H and O–H groups in total. The third kappa shape index (κ3) is 3.67. The molecular formula is C17H14N4O2S. The van der Waals surface area contributed by atoms with E-state index in [1.807, 2.05) is 23.9 Å². The van der Waals surface area contributed by atoms with E-state index >= 15 is 0 Å². The molecule has 24 heavy (non-hydrogen) atoms. The van der Waals surface area contributed by atoms with E-state index in [0.29, 0.717) is 22.8 Å². The highest BCUT2D eigenvalue weighted by Gasteiger charge is 2.12.